The summed E-state index contributed by atoms with van der Waals surface area (Å²) in [4.78, 5) is 25.7. The molecule has 1 aliphatic heterocycles. The second-order valence-corrected chi connectivity index (χ2v) is 9.93. The van der Waals surface area contributed by atoms with Gasteiger partial charge >= 0.3 is 0 Å². The number of sulfonamides is 1. The Labute approximate surface area is 182 Å². The van der Waals surface area contributed by atoms with Crippen molar-refractivity contribution in [3.05, 3.63) is 82.7 Å². The topological polar surface area (TPSA) is 76.5 Å². The van der Waals surface area contributed by atoms with Gasteiger partial charge in [0.25, 0.3) is 15.9 Å². The molecule has 0 saturated carbocycles. The first-order valence-corrected chi connectivity index (χ1v) is 11.6. The van der Waals surface area contributed by atoms with E-state index in [0.717, 1.165) is 11.4 Å². The highest BCUT2D eigenvalue weighted by molar-refractivity contribution is 7.90. The molecule has 0 atom stereocenters. The number of ketones is 1. The van der Waals surface area contributed by atoms with Crippen molar-refractivity contribution in [2.24, 2.45) is 0 Å². The molecule has 7 heteroatoms. The van der Waals surface area contributed by atoms with Crippen LogP contribution >= 0.6 is 0 Å². The summed E-state index contributed by atoms with van der Waals surface area (Å²) >= 11 is 0. The maximum Gasteiger partial charge on any atom is 0.269 e. The highest BCUT2D eigenvalue weighted by Crippen LogP contribution is 2.31. The lowest BCUT2D eigenvalue weighted by Crippen LogP contribution is -2.35. The Balaban J connectivity index is 1.65. The SMILES string of the molecule is Cc1cc(C(=O)CN2C(=O)c3ccccc3S2(=O)=O)c(C)n1-c1ccc(C(C)C)cc1. The molecule has 4 rings (SSSR count). The largest absolute Gasteiger partial charge is 0.318 e. The first kappa shape index (κ1) is 21.1. The van der Waals surface area contributed by atoms with Gasteiger partial charge in [0.2, 0.25) is 0 Å². The van der Waals surface area contributed by atoms with Gasteiger partial charge in [0.1, 0.15) is 11.4 Å². The van der Waals surface area contributed by atoms with Crippen molar-refractivity contribution < 1.29 is 18.0 Å². The average Bonchev–Trinajstić information content (AvgIpc) is 3.14. The first-order valence-electron chi connectivity index (χ1n) is 10.1. The lowest BCUT2D eigenvalue weighted by Gasteiger charge is -2.15. The summed E-state index contributed by atoms with van der Waals surface area (Å²) in [6, 6.07) is 15.9. The zero-order valence-electron chi connectivity index (χ0n) is 17.9. The van der Waals surface area contributed by atoms with Gasteiger partial charge in [-0.2, -0.15) is 0 Å². The van der Waals surface area contributed by atoms with Crippen LogP contribution in [0.3, 0.4) is 0 Å². The van der Waals surface area contributed by atoms with Gasteiger partial charge in [-0.15, -0.1) is 0 Å². The van der Waals surface area contributed by atoms with Crippen molar-refractivity contribution in [2.45, 2.75) is 38.5 Å². The molecule has 3 aromatic rings. The van der Waals surface area contributed by atoms with Crippen molar-refractivity contribution in [2.75, 3.05) is 6.54 Å². The maximum atomic E-state index is 13.1. The van der Waals surface area contributed by atoms with Gasteiger partial charge in [-0.1, -0.05) is 38.1 Å². The molecule has 0 bridgehead atoms. The molecule has 6 nitrogen and oxygen atoms in total. The molecule has 0 fully saturated rings. The Bertz CT molecular complexity index is 1300. The minimum atomic E-state index is -4.02. The number of hydrogen-bond donors (Lipinski definition) is 0. The molecule has 31 heavy (non-hydrogen) atoms. The fourth-order valence-corrected chi connectivity index (χ4v) is 5.58. The molecule has 0 saturated heterocycles. The molecule has 1 amide bonds. The lowest BCUT2D eigenvalue weighted by molar-refractivity contribution is 0.0820. The van der Waals surface area contributed by atoms with Crippen LogP contribution in [0.4, 0.5) is 0 Å². The number of Topliss-reactive ketones (excluding diaryl/α,β-unsaturated/α-hetero) is 1. The number of aryl methyl sites for hydroxylation is 1. The van der Waals surface area contributed by atoms with Crippen molar-refractivity contribution in [3.8, 4) is 5.69 Å². The van der Waals surface area contributed by atoms with E-state index in [9.17, 15) is 18.0 Å². The number of carbonyl (C=O) groups is 2. The average molecular weight is 437 g/mol. The number of amides is 1. The second kappa shape index (κ2) is 7.50. The van der Waals surface area contributed by atoms with Gasteiger partial charge in [-0.05, 0) is 55.7 Å². The summed E-state index contributed by atoms with van der Waals surface area (Å²) in [6.07, 6.45) is 0. The molecule has 160 valence electrons. The number of hydrogen-bond acceptors (Lipinski definition) is 4. The molecular formula is C24H24N2O4S. The molecule has 0 aliphatic carbocycles. The third-order valence-electron chi connectivity index (χ3n) is 5.75. The van der Waals surface area contributed by atoms with E-state index in [2.05, 4.69) is 26.0 Å². The Morgan fingerprint density at radius 3 is 2.26 bits per heavy atom. The number of rotatable bonds is 5. The third-order valence-corrected chi connectivity index (χ3v) is 7.54. The zero-order chi connectivity index (χ0) is 22.5. The number of carbonyl (C=O) groups excluding carboxylic acids is 2. The van der Waals surface area contributed by atoms with E-state index >= 15 is 0 Å². The third kappa shape index (κ3) is 3.39. The summed E-state index contributed by atoms with van der Waals surface area (Å²) in [5.74, 6) is -0.660. The predicted octanol–water partition coefficient (Wildman–Crippen LogP) is 4.24. The van der Waals surface area contributed by atoms with Crippen LogP contribution in [0.1, 0.15) is 57.4 Å². The molecule has 0 spiro atoms. The monoisotopic (exact) mass is 436 g/mol. The molecular weight excluding hydrogens is 412 g/mol. The van der Waals surface area contributed by atoms with Crippen LogP contribution in [0.5, 0.6) is 0 Å². The van der Waals surface area contributed by atoms with Crippen LogP contribution in [0.25, 0.3) is 5.69 Å². The van der Waals surface area contributed by atoms with Crippen molar-refractivity contribution in [1.82, 2.24) is 8.87 Å². The maximum absolute atomic E-state index is 13.1. The molecule has 1 aromatic heterocycles. The van der Waals surface area contributed by atoms with Crippen LogP contribution in [-0.4, -0.2) is 35.5 Å². The summed E-state index contributed by atoms with van der Waals surface area (Å²) < 4.78 is 28.2. The Morgan fingerprint density at radius 2 is 1.65 bits per heavy atom. The summed E-state index contributed by atoms with van der Waals surface area (Å²) in [7, 11) is -4.02. The van der Waals surface area contributed by atoms with Crippen LogP contribution in [0.15, 0.2) is 59.5 Å². The summed E-state index contributed by atoms with van der Waals surface area (Å²) in [6.45, 7) is 7.46. The molecule has 0 N–H and O–H groups in total. The lowest BCUT2D eigenvalue weighted by atomic mass is 10.0. The first-order chi connectivity index (χ1) is 14.6. The molecule has 2 aromatic carbocycles. The van der Waals surface area contributed by atoms with E-state index in [-0.39, 0.29) is 10.5 Å². The number of fused-ring (bicyclic) bond motifs is 1. The minimum Gasteiger partial charge on any atom is -0.318 e. The van der Waals surface area contributed by atoms with Gasteiger partial charge in [-0.3, -0.25) is 9.59 Å². The Morgan fingerprint density at radius 1 is 1.00 bits per heavy atom. The summed E-state index contributed by atoms with van der Waals surface area (Å²) in [5.41, 5.74) is 4.23. The second-order valence-electron chi connectivity index (χ2n) is 8.10. The van der Waals surface area contributed by atoms with Gasteiger partial charge in [0, 0.05) is 22.6 Å². The van der Waals surface area contributed by atoms with Crippen LogP contribution in [-0.2, 0) is 10.0 Å². The fourth-order valence-electron chi connectivity index (χ4n) is 4.05. The molecule has 1 aliphatic rings. The number of benzene rings is 2. The van der Waals surface area contributed by atoms with E-state index in [1.54, 1.807) is 18.2 Å². The van der Waals surface area contributed by atoms with Crippen molar-refractivity contribution in [1.29, 1.82) is 0 Å². The Hall–Kier alpha value is -3.19. The molecule has 0 radical (unpaired) electrons. The van der Waals surface area contributed by atoms with Crippen molar-refractivity contribution >= 4 is 21.7 Å². The van der Waals surface area contributed by atoms with Crippen LogP contribution in [0.2, 0.25) is 0 Å². The van der Waals surface area contributed by atoms with Gasteiger partial charge in [-0.25, -0.2) is 12.7 Å². The van der Waals surface area contributed by atoms with E-state index in [0.29, 0.717) is 21.5 Å². The van der Waals surface area contributed by atoms with Crippen LogP contribution < -0.4 is 0 Å². The zero-order valence-corrected chi connectivity index (χ0v) is 18.7. The smallest absolute Gasteiger partial charge is 0.269 e. The van der Waals surface area contributed by atoms with E-state index in [4.69, 9.17) is 0 Å². The van der Waals surface area contributed by atoms with Gasteiger partial charge in [0.05, 0.1) is 5.56 Å². The highest BCUT2D eigenvalue weighted by Gasteiger charge is 2.42. The van der Waals surface area contributed by atoms with E-state index in [1.807, 2.05) is 30.5 Å². The summed E-state index contributed by atoms with van der Waals surface area (Å²) in [5, 5.41) is 0. The predicted molar refractivity (Wildman–Crippen MR) is 118 cm³/mol. The standard InChI is InChI=1S/C24H24N2O4S/c1-15(2)18-9-11-19(12-10-18)26-16(3)13-21(17(26)4)22(27)14-25-24(28)20-7-5-6-8-23(20)31(25,29)30/h5-13,15H,14H2,1-4H3. The van der Waals surface area contributed by atoms with Crippen molar-refractivity contribution in [3.63, 3.8) is 0 Å². The number of nitrogens with zero attached hydrogens (tertiary/aromatic N) is 2. The molecule has 2 heterocycles. The normalized spacial score (nSPS) is 14.9. The van der Waals surface area contributed by atoms with Crippen LogP contribution in [0, 0.1) is 13.8 Å². The Kier molecular flexibility index (Phi) is 5.09. The van der Waals surface area contributed by atoms with E-state index in [1.165, 1.54) is 17.7 Å². The van der Waals surface area contributed by atoms with E-state index < -0.39 is 28.3 Å². The minimum absolute atomic E-state index is 0.0523. The van der Waals surface area contributed by atoms with Gasteiger partial charge in [0.15, 0.2) is 5.78 Å². The highest BCUT2D eigenvalue weighted by atomic mass is 32.2. The number of aromatic nitrogens is 1. The molecule has 0 unspecified atom stereocenters. The quantitative estimate of drug-likeness (QED) is 0.561. The van der Waals surface area contributed by atoms with Gasteiger partial charge < -0.3 is 4.57 Å². The fraction of sp³-hybridized carbons (Fsp3) is 0.250.